The van der Waals surface area contributed by atoms with Crippen LogP contribution >= 0.6 is 0 Å². The van der Waals surface area contributed by atoms with Crippen LogP contribution in [0.3, 0.4) is 0 Å². The SMILES string of the molecule is Cc1ccc(CN2CCC(N3CCCC3=O)CC2)c2cccnc12. The van der Waals surface area contributed by atoms with E-state index in [9.17, 15) is 4.79 Å². The van der Waals surface area contributed by atoms with E-state index in [1.165, 1.54) is 16.5 Å². The largest absolute Gasteiger partial charge is 0.340 e. The molecule has 0 saturated carbocycles. The highest BCUT2D eigenvalue weighted by Gasteiger charge is 2.30. The molecule has 4 nitrogen and oxygen atoms in total. The molecular formula is C20H25N3O. The first kappa shape index (κ1) is 15.6. The Morgan fingerprint density at radius 3 is 2.75 bits per heavy atom. The number of amides is 1. The number of nitrogens with zero attached hydrogens (tertiary/aromatic N) is 3. The first-order valence-corrected chi connectivity index (χ1v) is 9.07. The fourth-order valence-electron chi connectivity index (χ4n) is 4.20. The van der Waals surface area contributed by atoms with Crippen molar-refractivity contribution in [1.29, 1.82) is 0 Å². The van der Waals surface area contributed by atoms with E-state index in [0.717, 1.165) is 57.4 Å². The summed E-state index contributed by atoms with van der Waals surface area (Å²) in [6.07, 6.45) is 5.88. The van der Waals surface area contributed by atoms with Gasteiger partial charge < -0.3 is 4.90 Å². The van der Waals surface area contributed by atoms with E-state index in [2.05, 4.69) is 39.9 Å². The van der Waals surface area contributed by atoms with Crippen LogP contribution in [0, 0.1) is 6.92 Å². The van der Waals surface area contributed by atoms with Gasteiger partial charge in [0.1, 0.15) is 0 Å². The number of pyridine rings is 1. The normalized spacial score (nSPS) is 20.2. The molecule has 4 heteroatoms. The number of aromatic nitrogens is 1. The van der Waals surface area contributed by atoms with Gasteiger partial charge in [-0.05, 0) is 43.4 Å². The van der Waals surface area contributed by atoms with Gasteiger partial charge >= 0.3 is 0 Å². The van der Waals surface area contributed by atoms with Crippen molar-refractivity contribution < 1.29 is 4.79 Å². The third-order valence-corrected chi connectivity index (χ3v) is 5.56. The Balaban J connectivity index is 1.44. The fourth-order valence-corrected chi connectivity index (χ4v) is 4.20. The molecule has 0 aliphatic carbocycles. The number of benzene rings is 1. The maximum Gasteiger partial charge on any atom is 0.222 e. The molecule has 0 radical (unpaired) electrons. The van der Waals surface area contributed by atoms with Crippen LogP contribution in [-0.2, 0) is 11.3 Å². The van der Waals surface area contributed by atoms with Crippen molar-refractivity contribution in [3.63, 3.8) is 0 Å². The predicted octanol–water partition coefficient (Wildman–Crippen LogP) is 3.13. The molecule has 0 spiro atoms. The molecular weight excluding hydrogens is 298 g/mol. The van der Waals surface area contributed by atoms with E-state index in [0.29, 0.717) is 11.9 Å². The second-order valence-corrected chi connectivity index (χ2v) is 7.14. The summed E-state index contributed by atoms with van der Waals surface area (Å²) in [7, 11) is 0. The third-order valence-electron chi connectivity index (χ3n) is 5.56. The van der Waals surface area contributed by atoms with Gasteiger partial charge in [-0.15, -0.1) is 0 Å². The Bertz CT molecular complexity index is 750. The second kappa shape index (κ2) is 6.52. The number of likely N-dealkylation sites (tertiary alicyclic amines) is 2. The smallest absolute Gasteiger partial charge is 0.222 e. The van der Waals surface area contributed by atoms with Crippen LogP contribution < -0.4 is 0 Å². The van der Waals surface area contributed by atoms with Crippen molar-refractivity contribution in [3.8, 4) is 0 Å². The van der Waals surface area contributed by atoms with Gasteiger partial charge in [-0.2, -0.15) is 0 Å². The van der Waals surface area contributed by atoms with E-state index in [-0.39, 0.29) is 0 Å². The van der Waals surface area contributed by atoms with Crippen molar-refractivity contribution >= 4 is 16.8 Å². The monoisotopic (exact) mass is 323 g/mol. The number of piperidine rings is 1. The summed E-state index contributed by atoms with van der Waals surface area (Å²) in [5.74, 6) is 0.365. The van der Waals surface area contributed by atoms with Crippen molar-refractivity contribution in [2.45, 2.75) is 45.2 Å². The van der Waals surface area contributed by atoms with Gasteiger partial charge in [-0.3, -0.25) is 14.7 Å². The summed E-state index contributed by atoms with van der Waals surface area (Å²) in [5.41, 5.74) is 3.72. The van der Waals surface area contributed by atoms with Crippen molar-refractivity contribution in [2.24, 2.45) is 0 Å². The summed E-state index contributed by atoms with van der Waals surface area (Å²) in [5, 5.41) is 1.27. The molecule has 0 N–H and O–H groups in total. The van der Waals surface area contributed by atoms with Crippen LogP contribution in [0.2, 0.25) is 0 Å². The van der Waals surface area contributed by atoms with Gasteiger partial charge in [0.05, 0.1) is 5.52 Å². The molecule has 3 heterocycles. The molecule has 1 aromatic carbocycles. The molecule has 0 bridgehead atoms. The predicted molar refractivity (Wildman–Crippen MR) is 95.7 cm³/mol. The number of aryl methyl sites for hydroxylation is 1. The maximum atomic E-state index is 11.9. The number of rotatable bonds is 3. The van der Waals surface area contributed by atoms with Crippen molar-refractivity contribution in [1.82, 2.24) is 14.8 Å². The highest BCUT2D eigenvalue weighted by Crippen LogP contribution is 2.25. The minimum Gasteiger partial charge on any atom is -0.340 e. The Hall–Kier alpha value is -1.94. The quantitative estimate of drug-likeness (QED) is 0.871. The van der Waals surface area contributed by atoms with Crippen molar-refractivity contribution in [2.75, 3.05) is 19.6 Å². The zero-order valence-electron chi connectivity index (χ0n) is 14.4. The van der Waals surface area contributed by atoms with Gasteiger partial charge in [0.2, 0.25) is 5.91 Å². The van der Waals surface area contributed by atoms with E-state index in [1.807, 2.05) is 12.3 Å². The molecule has 2 aliphatic rings. The summed E-state index contributed by atoms with van der Waals surface area (Å²) in [4.78, 5) is 21.1. The molecule has 24 heavy (non-hydrogen) atoms. The molecule has 2 fully saturated rings. The van der Waals surface area contributed by atoms with Crippen LogP contribution in [0.5, 0.6) is 0 Å². The van der Waals surface area contributed by atoms with Crippen LogP contribution in [-0.4, -0.2) is 46.4 Å². The molecule has 0 unspecified atom stereocenters. The van der Waals surface area contributed by atoms with Crippen LogP contribution in [0.25, 0.3) is 10.9 Å². The number of hydrogen-bond acceptors (Lipinski definition) is 3. The zero-order chi connectivity index (χ0) is 16.5. The first-order chi connectivity index (χ1) is 11.7. The van der Waals surface area contributed by atoms with E-state index < -0.39 is 0 Å². The Labute approximate surface area is 143 Å². The number of hydrogen-bond donors (Lipinski definition) is 0. The average molecular weight is 323 g/mol. The van der Waals surface area contributed by atoms with E-state index >= 15 is 0 Å². The summed E-state index contributed by atoms with van der Waals surface area (Å²) < 4.78 is 0. The minimum absolute atomic E-state index is 0.365. The summed E-state index contributed by atoms with van der Waals surface area (Å²) in [6, 6.07) is 9.10. The molecule has 2 aliphatic heterocycles. The highest BCUT2D eigenvalue weighted by atomic mass is 16.2. The number of carbonyl (C=O) groups is 1. The zero-order valence-corrected chi connectivity index (χ0v) is 14.4. The molecule has 126 valence electrons. The first-order valence-electron chi connectivity index (χ1n) is 9.07. The second-order valence-electron chi connectivity index (χ2n) is 7.14. The van der Waals surface area contributed by atoms with Crippen LogP contribution in [0.4, 0.5) is 0 Å². The van der Waals surface area contributed by atoms with E-state index in [4.69, 9.17) is 0 Å². The molecule has 0 atom stereocenters. The van der Waals surface area contributed by atoms with Crippen LogP contribution in [0.1, 0.15) is 36.8 Å². The van der Waals surface area contributed by atoms with Gasteiger partial charge in [-0.25, -0.2) is 0 Å². The number of carbonyl (C=O) groups excluding carboxylic acids is 1. The lowest BCUT2D eigenvalue weighted by Crippen LogP contribution is -2.45. The molecule has 2 saturated heterocycles. The van der Waals surface area contributed by atoms with Crippen molar-refractivity contribution in [3.05, 3.63) is 41.6 Å². The van der Waals surface area contributed by atoms with E-state index in [1.54, 1.807) is 0 Å². The standard InChI is InChI=1S/C20H25N3O/c1-15-6-7-16(18-4-2-10-21-20(15)18)14-22-12-8-17(9-13-22)23-11-3-5-19(23)24/h2,4,6-7,10,17H,3,5,8-9,11-14H2,1H3. The average Bonchev–Trinajstić information content (AvgIpc) is 3.04. The van der Waals surface area contributed by atoms with Crippen LogP contribution in [0.15, 0.2) is 30.5 Å². The number of fused-ring (bicyclic) bond motifs is 1. The molecule has 1 aromatic heterocycles. The maximum absolute atomic E-state index is 11.9. The molecule has 1 amide bonds. The van der Waals surface area contributed by atoms with Gasteiger partial charge in [-0.1, -0.05) is 18.2 Å². The topological polar surface area (TPSA) is 36.4 Å². The lowest BCUT2D eigenvalue weighted by Gasteiger charge is -2.36. The summed E-state index contributed by atoms with van der Waals surface area (Å²) in [6.45, 7) is 6.22. The Kier molecular flexibility index (Phi) is 4.23. The lowest BCUT2D eigenvalue weighted by molar-refractivity contribution is -0.130. The summed E-state index contributed by atoms with van der Waals surface area (Å²) >= 11 is 0. The van der Waals surface area contributed by atoms with Gasteiger partial charge in [0.25, 0.3) is 0 Å². The highest BCUT2D eigenvalue weighted by molar-refractivity contribution is 5.84. The molecule has 2 aromatic rings. The van der Waals surface area contributed by atoms with Gasteiger partial charge in [0, 0.05) is 50.2 Å². The molecule has 4 rings (SSSR count). The minimum atomic E-state index is 0.365. The van der Waals surface area contributed by atoms with Gasteiger partial charge in [0.15, 0.2) is 0 Å². The Morgan fingerprint density at radius 2 is 2.00 bits per heavy atom. The fraction of sp³-hybridized carbons (Fsp3) is 0.500. The lowest BCUT2D eigenvalue weighted by atomic mass is 10.0. The third kappa shape index (κ3) is 2.91. The Morgan fingerprint density at radius 1 is 1.17 bits per heavy atom.